The van der Waals surface area contributed by atoms with Crippen molar-refractivity contribution in [3.8, 4) is 0 Å². The van der Waals surface area contributed by atoms with E-state index in [0.29, 0.717) is 11.9 Å². The monoisotopic (exact) mass is 185 g/mol. The maximum Gasteiger partial charge on any atom is 0.188 e. The van der Waals surface area contributed by atoms with Gasteiger partial charge in [0.1, 0.15) is 0 Å². The van der Waals surface area contributed by atoms with Crippen LogP contribution in [-0.4, -0.2) is 30.8 Å². The lowest BCUT2D eigenvalue weighted by molar-refractivity contribution is 0.102. The molecule has 1 fully saturated rings. The molecular formula is C9H19N3O. The minimum Gasteiger partial charge on any atom is -0.393 e. The zero-order chi connectivity index (χ0) is 9.68. The van der Waals surface area contributed by atoms with E-state index in [1.54, 1.807) is 7.05 Å². The van der Waals surface area contributed by atoms with Crippen molar-refractivity contribution in [3.63, 3.8) is 0 Å². The molecule has 1 rings (SSSR count). The fourth-order valence-corrected chi connectivity index (χ4v) is 1.78. The third-order valence-electron chi connectivity index (χ3n) is 2.57. The Kier molecular flexibility index (Phi) is 4.02. The Bertz CT molecular complexity index is 182. The smallest absolute Gasteiger partial charge is 0.188 e. The summed E-state index contributed by atoms with van der Waals surface area (Å²) in [6, 6.07) is 0. The van der Waals surface area contributed by atoms with E-state index >= 15 is 0 Å². The van der Waals surface area contributed by atoms with Crippen molar-refractivity contribution in [2.75, 3.05) is 13.6 Å². The zero-order valence-corrected chi connectivity index (χ0v) is 8.16. The van der Waals surface area contributed by atoms with Crippen LogP contribution in [-0.2, 0) is 0 Å². The Morgan fingerprint density at radius 1 is 1.62 bits per heavy atom. The first-order valence-corrected chi connectivity index (χ1v) is 4.86. The Morgan fingerprint density at radius 2 is 2.38 bits per heavy atom. The molecule has 4 N–H and O–H groups in total. The first-order valence-electron chi connectivity index (χ1n) is 4.86. The first kappa shape index (κ1) is 10.3. The highest BCUT2D eigenvalue weighted by Gasteiger charge is 2.19. The number of guanidine groups is 1. The number of aliphatic hydroxyl groups excluding tert-OH is 1. The molecule has 0 saturated heterocycles. The van der Waals surface area contributed by atoms with Crippen molar-refractivity contribution in [3.05, 3.63) is 0 Å². The van der Waals surface area contributed by atoms with Gasteiger partial charge in [-0.25, -0.2) is 0 Å². The van der Waals surface area contributed by atoms with Crippen LogP contribution < -0.4 is 11.1 Å². The van der Waals surface area contributed by atoms with Gasteiger partial charge in [-0.05, 0) is 25.2 Å². The predicted octanol–water partition coefficient (Wildman–Crippen LogP) is 0.0716. The van der Waals surface area contributed by atoms with Crippen molar-refractivity contribution in [1.29, 1.82) is 0 Å². The van der Waals surface area contributed by atoms with Gasteiger partial charge in [0.25, 0.3) is 0 Å². The van der Waals surface area contributed by atoms with Crippen LogP contribution in [0.2, 0.25) is 0 Å². The molecule has 1 aliphatic carbocycles. The van der Waals surface area contributed by atoms with Crippen molar-refractivity contribution < 1.29 is 5.11 Å². The van der Waals surface area contributed by atoms with Crippen LogP contribution in [0.3, 0.4) is 0 Å². The lowest BCUT2D eigenvalue weighted by atomic mass is 9.87. The molecule has 0 spiro atoms. The van der Waals surface area contributed by atoms with E-state index in [1.807, 2.05) is 0 Å². The minimum absolute atomic E-state index is 0.111. The summed E-state index contributed by atoms with van der Waals surface area (Å²) in [5, 5.41) is 12.5. The second kappa shape index (κ2) is 5.07. The van der Waals surface area contributed by atoms with E-state index in [1.165, 1.54) is 6.42 Å². The summed E-state index contributed by atoms with van der Waals surface area (Å²) in [6.07, 6.45) is 4.04. The van der Waals surface area contributed by atoms with Gasteiger partial charge in [0.15, 0.2) is 5.96 Å². The third kappa shape index (κ3) is 3.63. The van der Waals surface area contributed by atoms with Gasteiger partial charge in [-0.15, -0.1) is 0 Å². The Hall–Kier alpha value is -0.770. The van der Waals surface area contributed by atoms with Gasteiger partial charge in [0.05, 0.1) is 6.10 Å². The highest BCUT2D eigenvalue weighted by atomic mass is 16.3. The number of aliphatic imine (C=N–C) groups is 1. The highest BCUT2D eigenvalue weighted by Crippen LogP contribution is 2.23. The summed E-state index contributed by atoms with van der Waals surface area (Å²) in [5.74, 6) is 1.03. The second-order valence-electron chi connectivity index (χ2n) is 3.68. The fourth-order valence-electron chi connectivity index (χ4n) is 1.78. The quantitative estimate of drug-likeness (QED) is 0.421. The van der Waals surface area contributed by atoms with E-state index in [9.17, 15) is 5.11 Å². The molecule has 1 saturated carbocycles. The molecule has 1 aliphatic rings. The molecule has 2 unspecified atom stereocenters. The summed E-state index contributed by atoms with van der Waals surface area (Å²) in [7, 11) is 1.66. The molecule has 0 heterocycles. The van der Waals surface area contributed by atoms with Gasteiger partial charge >= 0.3 is 0 Å². The average Bonchev–Trinajstić information content (AvgIpc) is 2.14. The summed E-state index contributed by atoms with van der Waals surface area (Å²) in [5.41, 5.74) is 5.50. The second-order valence-corrected chi connectivity index (χ2v) is 3.68. The molecule has 0 amide bonds. The van der Waals surface area contributed by atoms with Gasteiger partial charge in [-0.2, -0.15) is 0 Å². The van der Waals surface area contributed by atoms with E-state index in [4.69, 9.17) is 5.73 Å². The molecule has 4 nitrogen and oxygen atoms in total. The van der Waals surface area contributed by atoms with Crippen LogP contribution in [0.25, 0.3) is 0 Å². The van der Waals surface area contributed by atoms with Crippen LogP contribution in [0.15, 0.2) is 4.99 Å². The molecule has 2 atom stereocenters. The number of nitrogens with zero attached hydrogens (tertiary/aromatic N) is 1. The summed E-state index contributed by atoms with van der Waals surface area (Å²) >= 11 is 0. The average molecular weight is 185 g/mol. The molecule has 4 heteroatoms. The Balaban J connectivity index is 2.20. The summed E-state index contributed by atoms with van der Waals surface area (Å²) in [6.45, 7) is 0.834. The molecule has 0 aliphatic heterocycles. The maximum absolute atomic E-state index is 9.41. The Labute approximate surface area is 79.2 Å². The summed E-state index contributed by atoms with van der Waals surface area (Å²) < 4.78 is 0. The van der Waals surface area contributed by atoms with Crippen LogP contribution in [0.5, 0.6) is 0 Å². The van der Waals surface area contributed by atoms with Gasteiger partial charge in [0, 0.05) is 13.6 Å². The lowest BCUT2D eigenvalue weighted by Gasteiger charge is -2.25. The fraction of sp³-hybridized carbons (Fsp3) is 0.889. The van der Waals surface area contributed by atoms with Crippen LogP contribution in [0.1, 0.15) is 25.7 Å². The van der Waals surface area contributed by atoms with Gasteiger partial charge in [-0.3, -0.25) is 4.99 Å². The third-order valence-corrected chi connectivity index (χ3v) is 2.57. The zero-order valence-electron chi connectivity index (χ0n) is 8.16. The number of nitrogens with two attached hydrogens (primary N) is 1. The maximum atomic E-state index is 9.41. The minimum atomic E-state index is -0.111. The number of hydrogen-bond acceptors (Lipinski definition) is 2. The number of rotatable bonds is 2. The van der Waals surface area contributed by atoms with Crippen molar-refractivity contribution >= 4 is 5.96 Å². The Morgan fingerprint density at radius 3 is 3.00 bits per heavy atom. The largest absolute Gasteiger partial charge is 0.393 e. The molecule has 0 radical (unpaired) electrons. The number of aliphatic hydroxyl groups is 1. The van der Waals surface area contributed by atoms with Crippen LogP contribution >= 0.6 is 0 Å². The molecule has 0 bridgehead atoms. The van der Waals surface area contributed by atoms with Crippen molar-refractivity contribution in [1.82, 2.24) is 5.32 Å². The van der Waals surface area contributed by atoms with Crippen LogP contribution in [0.4, 0.5) is 0 Å². The number of hydrogen-bond donors (Lipinski definition) is 3. The summed E-state index contributed by atoms with van der Waals surface area (Å²) in [4.78, 5) is 3.81. The van der Waals surface area contributed by atoms with E-state index in [-0.39, 0.29) is 6.10 Å². The van der Waals surface area contributed by atoms with Crippen molar-refractivity contribution in [2.24, 2.45) is 16.6 Å². The number of nitrogens with one attached hydrogen (secondary N) is 1. The lowest BCUT2D eigenvalue weighted by Crippen LogP contribution is -2.37. The van der Waals surface area contributed by atoms with Crippen molar-refractivity contribution in [2.45, 2.75) is 31.8 Å². The molecule has 0 aromatic heterocycles. The molecule has 0 aromatic carbocycles. The van der Waals surface area contributed by atoms with Gasteiger partial charge in [0.2, 0.25) is 0 Å². The van der Waals surface area contributed by atoms with E-state index < -0.39 is 0 Å². The van der Waals surface area contributed by atoms with Gasteiger partial charge < -0.3 is 16.2 Å². The normalized spacial score (nSPS) is 30.2. The SMILES string of the molecule is CN=C(N)NCC1CCCC(O)C1. The molecular weight excluding hydrogens is 166 g/mol. The van der Waals surface area contributed by atoms with E-state index in [2.05, 4.69) is 10.3 Å². The van der Waals surface area contributed by atoms with Gasteiger partial charge in [-0.1, -0.05) is 6.42 Å². The molecule has 76 valence electrons. The highest BCUT2D eigenvalue weighted by molar-refractivity contribution is 5.77. The van der Waals surface area contributed by atoms with Crippen LogP contribution in [0, 0.1) is 5.92 Å². The molecule has 13 heavy (non-hydrogen) atoms. The predicted molar refractivity (Wildman–Crippen MR) is 53.5 cm³/mol. The first-order chi connectivity index (χ1) is 6.22. The van der Waals surface area contributed by atoms with E-state index in [0.717, 1.165) is 25.8 Å². The topological polar surface area (TPSA) is 70.6 Å². The standard InChI is InChI=1S/C9H19N3O/c1-11-9(10)12-6-7-3-2-4-8(13)5-7/h7-8,13H,2-6H2,1H3,(H3,10,11,12). The molecule has 0 aromatic rings.